The number of hydrogen-bond acceptors (Lipinski definition) is 2. The highest BCUT2D eigenvalue weighted by molar-refractivity contribution is 9.10. The summed E-state index contributed by atoms with van der Waals surface area (Å²) in [4.78, 5) is 5.20. The molecule has 1 aromatic heterocycles. The first kappa shape index (κ1) is 10.6. The second-order valence-corrected chi connectivity index (χ2v) is 4.88. The van der Waals surface area contributed by atoms with Crippen molar-refractivity contribution in [3.63, 3.8) is 0 Å². The maximum Gasteiger partial charge on any atom is 0.123 e. The average Bonchev–Trinajstić information content (AvgIpc) is 2.25. The van der Waals surface area contributed by atoms with E-state index in [0.717, 1.165) is 14.4 Å². The number of aromatic nitrogens is 1. The fourth-order valence-corrected chi connectivity index (χ4v) is 2.04. The third-order valence-corrected chi connectivity index (χ3v) is 3.16. The van der Waals surface area contributed by atoms with E-state index in [1.54, 1.807) is 18.3 Å². The van der Waals surface area contributed by atoms with Gasteiger partial charge < -0.3 is 0 Å². The molecule has 0 N–H and O–H groups in total. The Kier molecular flexibility index (Phi) is 3.38. The molecule has 0 aliphatic rings. The standard InChI is InChI=1S/C11H7BrFNS/c12-8-1-6-11(14-7-8)15-10-4-2-9(13)3-5-10/h1-7H. The molecule has 76 valence electrons. The Morgan fingerprint density at radius 3 is 2.40 bits per heavy atom. The number of benzene rings is 1. The predicted octanol–water partition coefficient (Wildman–Crippen LogP) is 4.13. The quantitative estimate of drug-likeness (QED) is 0.822. The lowest BCUT2D eigenvalue weighted by atomic mass is 10.4. The van der Waals surface area contributed by atoms with E-state index in [1.165, 1.54) is 23.9 Å². The van der Waals surface area contributed by atoms with Gasteiger partial charge in [0.2, 0.25) is 0 Å². The van der Waals surface area contributed by atoms with Crippen LogP contribution in [0.15, 0.2) is 57.0 Å². The van der Waals surface area contributed by atoms with Crippen LogP contribution in [0.5, 0.6) is 0 Å². The Hall–Kier alpha value is -0.870. The van der Waals surface area contributed by atoms with Crippen molar-refractivity contribution in [3.8, 4) is 0 Å². The van der Waals surface area contributed by atoms with Gasteiger partial charge in [-0.3, -0.25) is 0 Å². The van der Waals surface area contributed by atoms with Crippen molar-refractivity contribution < 1.29 is 4.39 Å². The van der Waals surface area contributed by atoms with Crippen LogP contribution >= 0.6 is 27.7 Å². The molecule has 2 aromatic rings. The third-order valence-electron chi connectivity index (χ3n) is 1.74. The van der Waals surface area contributed by atoms with Crippen LogP contribution < -0.4 is 0 Å². The SMILES string of the molecule is Fc1ccc(Sc2ccc(Br)cn2)cc1. The minimum Gasteiger partial charge on any atom is -0.248 e. The molecule has 2 rings (SSSR count). The van der Waals surface area contributed by atoms with E-state index in [1.807, 2.05) is 12.1 Å². The first-order valence-electron chi connectivity index (χ1n) is 4.29. The van der Waals surface area contributed by atoms with E-state index in [4.69, 9.17) is 0 Å². The monoisotopic (exact) mass is 283 g/mol. The molecule has 15 heavy (non-hydrogen) atoms. The van der Waals surface area contributed by atoms with Crippen molar-refractivity contribution in [1.82, 2.24) is 4.98 Å². The molecule has 0 saturated heterocycles. The largest absolute Gasteiger partial charge is 0.248 e. The molecular weight excluding hydrogens is 277 g/mol. The molecular formula is C11H7BrFNS. The molecule has 0 radical (unpaired) electrons. The van der Waals surface area contributed by atoms with E-state index >= 15 is 0 Å². The summed E-state index contributed by atoms with van der Waals surface area (Å²) in [7, 11) is 0. The molecule has 0 atom stereocenters. The van der Waals surface area contributed by atoms with Gasteiger partial charge in [0, 0.05) is 15.6 Å². The zero-order chi connectivity index (χ0) is 10.7. The van der Waals surface area contributed by atoms with Crippen molar-refractivity contribution in [2.45, 2.75) is 9.92 Å². The van der Waals surface area contributed by atoms with Crippen LogP contribution in [0.4, 0.5) is 4.39 Å². The maximum absolute atomic E-state index is 12.6. The van der Waals surface area contributed by atoms with Gasteiger partial charge in [-0.2, -0.15) is 0 Å². The molecule has 1 heterocycles. The van der Waals surface area contributed by atoms with Crippen molar-refractivity contribution in [3.05, 3.63) is 52.9 Å². The molecule has 0 spiro atoms. The van der Waals surface area contributed by atoms with Gasteiger partial charge in [0.1, 0.15) is 10.8 Å². The normalized spacial score (nSPS) is 10.3. The molecule has 1 aromatic carbocycles. The summed E-state index contributed by atoms with van der Waals surface area (Å²) < 4.78 is 13.6. The van der Waals surface area contributed by atoms with E-state index in [2.05, 4.69) is 20.9 Å². The summed E-state index contributed by atoms with van der Waals surface area (Å²) in [6.45, 7) is 0. The number of pyridine rings is 1. The molecule has 0 amide bonds. The van der Waals surface area contributed by atoms with Crippen LogP contribution in [0.25, 0.3) is 0 Å². The minimum atomic E-state index is -0.219. The van der Waals surface area contributed by atoms with Crippen LogP contribution in [0.3, 0.4) is 0 Å². The van der Waals surface area contributed by atoms with E-state index < -0.39 is 0 Å². The smallest absolute Gasteiger partial charge is 0.123 e. The van der Waals surface area contributed by atoms with Crippen molar-refractivity contribution >= 4 is 27.7 Å². The van der Waals surface area contributed by atoms with Crippen LogP contribution in [-0.4, -0.2) is 4.98 Å². The van der Waals surface area contributed by atoms with E-state index in [0.29, 0.717) is 0 Å². The van der Waals surface area contributed by atoms with E-state index in [9.17, 15) is 4.39 Å². The Bertz CT molecular complexity index is 398. The lowest BCUT2D eigenvalue weighted by molar-refractivity contribution is 0.626. The lowest BCUT2D eigenvalue weighted by Gasteiger charge is -2.00. The second kappa shape index (κ2) is 4.77. The summed E-state index contributed by atoms with van der Waals surface area (Å²) in [5.41, 5.74) is 0. The Labute approximate surface area is 99.9 Å². The molecule has 4 heteroatoms. The first-order chi connectivity index (χ1) is 7.24. The zero-order valence-electron chi connectivity index (χ0n) is 7.65. The van der Waals surface area contributed by atoms with Crippen LogP contribution in [0.1, 0.15) is 0 Å². The summed E-state index contributed by atoms with van der Waals surface area (Å²) in [6.07, 6.45) is 1.74. The van der Waals surface area contributed by atoms with Gasteiger partial charge in [0.05, 0.1) is 0 Å². The van der Waals surface area contributed by atoms with Crippen LogP contribution in [-0.2, 0) is 0 Å². The molecule has 0 fully saturated rings. The van der Waals surface area contributed by atoms with Crippen molar-refractivity contribution in [2.75, 3.05) is 0 Å². The Morgan fingerprint density at radius 2 is 1.80 bits per heavy atom. The van der Waals surface area contributed by atoms with Crippen LogP contribution in [0.2, 0.25) is 0 Å². The molecule has 1 nitrogen and oxygen atoms in total. The summed E-state index contributed by atoms with van der Waals surface area (Å²) >= 11 is 4.83. The van der Waals surface area contributed by atoms with Gasteiger partial charge in [0.25, 0.3) is 0 Å². The van der Waals surface area contributed by atoms with Crippen molar-refractivity contribution in [1.29, 1.82) is 0 Å². The van der Waals surface area contributed by atoms with Crippen molar-refractivity contribution in [2.24, 2.45) is 0 Å². The minimum absolute atomic E-state index is 0.219. The van der Waals surface area contributed by atoms with Crippen LogP contribution in [0, 0.1) is 5.82 Å². The van der Waals surface area contributed by atoms with Gasteiger partial charge in [0.15, 0.2) is 0 Å². The van der Waals surface area contributed by atoms with Gasteiger partial charge >= 0.3 is 0 Å². The highest BCUT2D eigenvalue weighted by Gasteiger charge is 1.98. The Morgan fingerprint density at radius 1 is 1.07 bits per heavy atom. The van der Waals surface area contributed by atoms with E-state index in [-0.39, 0.29) is 5.82 Å². The molecule has 0 bridgehead atoms. The summed E-state index contributed by atoms with van der Waals surface area (Å²) in [6, 6.07) is 10.2. The fraction of sp³-hybridized carbons (Fsp3) is 0. The third kappa shape index (κ3) is 3.04. The fourth-order valence-electron chi connectivity index (χ4n) is 1.05. The summed E-state index contributed by atoms with van der Waals surface area (Å²) in [5.74, 6) is -0.219. The zero-order valence-corrected chi connectivity index (χ0v) is 10.1. The highest BCUT2D eigenvalue weighted by atomic mass is 79.9. The number of hydrogen-bond donors (Lipinski definition) is 0. The lowest BCUT2D eigenvalue weighted by Crippen LogP contribution is -1.79. The highest BCUT2D eigenvalue weighted by Crippen LogP contribution is 2.26. The first-order valence-corrected chi connectivity index (χ1v) is 5.90. The van der Waals surface area contributed by atoms with Gasteiger partial charge in [-0.25, -0.2) is 9.37 Å². The topological polar surface area (TPSA) is 12.9 Å². The number of halogens is 2. The maximum atomic E-state index is 12.6. The van der Waals surface area contributed by atoms with Gasteiger partial charge in [-0.05, 0) is 52.3 Å². The second-order valence-electron chi connectivity index (χ2n) is 2.87. The van der Waals surface area contributed by atoms with Gasteiger partial charge in [-0.15, -0.1) is 0 Å². The number of rotatable bonds is 2. The Balaban J connectivity index is 2.15. The summed E-state index contributed by atoms with van der Waals surface area (Å²) in [5, 5.41) is 0.893. The molecule has 0 unspecified atom stereocenters. The number of nitrogens with zero attached hydrogens (tertiary/aromatic N) is 1. The predicted molar refractivity (Wildman–Crippen MR) is 62.5 cm³/mol. The van der Waals surface area contributed by atoms with Gasteiger partial charge in [-0.1, -0.05) is 11.8 Å². The molecule has 0 aliphatic carbocycles. The molecule has 0 saturated carbocycles. The molecule has 0 aliphatic heterocycles. The average molecular weight is 284 g/mol.